The number of rotatable bonds is 3. The number of hydrogen-bond donors (Lipinski definition) is 0. The second-order valence-electron chi connectivity index (χ2n) is 8.43. The number of nitro benzene ring substituents is 1. The van der Waals surface area contributed by atoms with Crippen molar-refractivity contribution >= 4 is 23.2 Å². The Kier molecular flexibility index (Phi) is 5.96. The quantitative estimate of drug-likeness (QED) is 0.579. The molecule has 1 aromatic rings. The van der Waals surface area contributed by atoms with Crippen molar-refractivity contribution in [2.24, 2.45) is 0 Å². The Hall–Kier alpha value is -2.51. The van der Waals surface area contributed by atoms with Crippen molar-refractivity contribution < 1.29 is 14.5 Å². The van der Waals surface area contributed by atoms with Gasteiger partial charge < -0.3 is 19.4 Å². The maximum atomic E-state index is 12.2. The van der Waals surface area contributed by atoms with Gasteiger partial charge in [-0.3, -0.25) is 10.1 Å². The molecule has 2 saturated heterocycles. The lowest BCUT2D eigenvalue weighted by atomic mass is 10.1. The van der Waals surface area contributed by atoms with Crippen molar-refractivity contribution in [2.45, 2.75) is 45.6 Å². The normalized spacial score (nSPS) is 18.2. The number of benzene rings is 1. The molecule has 0 atom stereocenters. The molecule has 8 heteroatoms. The van der Waals surface area contributed by atoms with Crippen LogP contribution in [0.3, 0.4) is 0 Å². The van der Waals surface area contributed by atoms with Gasteiger partial charge in [-0.25, -0.2) is 4.79 Å². The highest BCUT2D eigenvalue weighted by Gasteiger charge is 2.27. The van der Waals surface area contributed by atoms with Gasteiger partial charge >= 0.3 is 6.09 Å². The lowest BCUT2D eigenvalue weighted by Gasteiger charge is -2.37. The minimum absolute atomic E-state index is 0.165. The van der Waals surface area contributed by atoms with Crippen LogP contribution in [-0.4, -0.2) is 60.8 Å². The summed E-state index contributed by atoms with van der Waals surface area (Å²) in [5.74, 6) is 0. The number of nitrogens with zero attached hydrogens (tertiary/aromatic N) is 4. The van der Waals surface area contributed by atoms with Gasteiger partial charge in [0.25, 0.3) is 5.69 Å². The van der Waals surface area contributed by atoms with Crippen LogP contribution in [0.25, 0.3) is 0 Å². The van der Waals surface area contributed by atoms with E-state index in [1.165, 1.54) is 6.42 Å². The van der Waals surface area contributed by atoms with E-state index in [0.29, 0.717) is 31.9 Å². The van der Waals surface area contributed by atoms with Crippen molar-refractivity contribution in [3.63, 3.8) is 0 Å². The van der Waals surface area contributed by atoms with Crippen molar-refractivity contribution in [2.75, 3.05) is 49.1 Å². The third-order valence-corrected chi connectivity index (χ3v) is 5.15. The number of nitro groups is 1. The van der Waals surface area contributed by atoms with Gasteiger partial charge in [0.2, 0.25) is 0 Å². The Balaban J connectivity index is 1.71. The number of amides is 1. The zero-order valence-electron chi connectivity index (χ0n) is 17.0. The van der Waals surface area contributed by atoms with Crippen molar-refractivity contribution in [1.29, 1.82) is 0 Å². The number of piperazine rings is 1. The van der Waals surface area contributed by atoms with E-state index in [1.54, 1.807) is 11.0 Å². The SMILES string of the molecule is CC(C)(C)OC(=O)N1CCN(c2ccc([N+](=O)[O-])c(N3CCCCC3)c2)CC1. The number of carbonyl (C=O) groups excluding carboxylic acids is 1. The lowest BCUT2D eigenvalue weighted by molar-refractivity contribution is -0.384. The highest BCUT2D eigenvalue weighted by atomic mass is 16.6. The van der Waals surface area contributed by atoms with E-state index in [4.69, 9.17) is 4.74 Å². The average molecular weight is 390 g/mol. The summed E-state index contributed by atoms with van der Waals surface area (Å²) < 4.78 is 5.45. The summed E-state index contributed by atoms with van der Waals surface area (Å²) in [6.45, 7) is 9.80. The van der Waals surface area contributed by atoms with Gasteiger partial charge in [-0.2, -0.15) is 0 Å². The number of piperidine rings is 1. The van der Waals surface area contributed by atoms with E-state index >= 15 is 0 Å². The first kappa shape index (κ1) is 20.2. The monoisotopic (exact) mass is 390 g/mol. The molecule has 0 aromatic heterocycles. The average Bonchev–Trinajstić information content (AvgIpc) is 2.67. The van der Waals surface area contributed by atoms with Gasteiger partial charge in [-0.1, -0.05) is 0 Å². The second kappa shape index (κ2) is 8.24. The Labute approximate surface area is 166 Å². The molecule has 3 rings (SSSR count). The maximum absolute atomic E-state index is 12.2. The fraction of sp³-hybridized carbons (Fsp3) is 0.650. The molecule has 0 saturated carbocycles. The molecule has 2 aliphatic heterocycles. The first-order chi connectivity index (χ1) is 13.2. The minimum atomic E-state index is -0.504. The van der Waals surface area contributed by atoms with Crippen LogP contribution in [0.1, 0.15) is 40.0 Å². The van der Waals surface area contributed by atoms with Gasteiger partial charge in [0.15, 0.2) is 0 Å². The number of carbonyl (C=O) groups is 1. The molecule has 0 aliphatic carbocycles. The molecule has 1 aromatic carbocycles. The predicted octanol–water partition coefficient (Wildman–Crippen LogP) is 3.64. The van der Waals surface area contributed by atoms with Gasteiger partial charge in [0.1, 0.15) is 11.3 Å². The fourth-order valence-electron chi connectivity index (χ4n) is 3.72. The molecule has 1 amide bonds. The van der Waals surface area contributed by atoms with Crippen molar-refractivity contribution in [1.82, 2.24) is 4.90 Å². The molecule has 0 unspecified atom stereocenters. The second-order valence-corrected chi connectivity index (χ2v) is 8.43. The van der Waals surface area contributed by atoms with Crippen LogP contribution in [-0.2, 0) is 4.74 Å². The van der Waals surface area contributed by atoms with Crippen LogP contribution in [0.15, 0.2) is 18.2 Å². The summed E-state index contributed by atoms with van der Waals surface area (Å²) in [5.41, 5.74) is 1.33. The molecule has 0 bridgehead atoms. The molecule has 0 spiro atoms. The van der Waals surface area contributed by atoms with Gasteiger partial charge in [-0.05, 0) is 52.2 Å². The van der Waals surface area contributed by atoms with E-state index in [2.05, 4.69) is 9.80 Å². The zero-order valence-corrected chi connectivity index (χ0v) is 17.0. The predicted molar refractivity (Wildman–Crippen MR) is 109 cm³/mol. The highest BCUT2D eigenvalue weighted by Crippen LogP contribution is 2.34. The van der Waals surface area contributed by atoms with Crippen LogP contribution in [0.4, 0.5) is 21.9 Å². The van der Waals surface area contributed by atoms with E-state index in [9.17, 15) is 14.9 Å². The topological polar surface area (TPSA) is 79.2 Å². The zero-order chi connectivity index (χ0) is 20.3. The molecule has 2 aliphatic rings. The van der Waals surface area contributed by atoms with Crippen LogP contribution in [0.5, 0.6) is 0 Å². The Bertz CT molecular complexity index is 717. The van der Waals surface area contributed by atoms with Crippen molar-refractivity contribution in [3.8, 4) is 0 Å². The molecule has 8 nitrogen and oxygen atoms in total. The molecule has 2 fully saturated rings. The molecule has 0 N–H and O–H groups in total. The maximum Gasteiger partial charge on any atom is 0.410 e. The summed E-state index contributed by atoms with van der Waals surface area (Å²) in [7, 11) is 0. The van der Waals surface area contributed by atoms with Gasteiger partial charge in [0.05, 0.1) is 4.92 Å². The third-order valence-electron chi connectivity index (χ3n) is 5.15. The highest BCUT2D eigenvalue weighted by molar-refractivity contribution is 5.71. The number of ether oxygens (including phenoxy) is 1. The first-order valence-electron chi connectivity index (χ1n) is 10.0. The first-order valence-corrected chi connectivity index (χ1v) is 10.0. The van der Waals surface area contributed by atoms with E-state index in [-0.39, 0.29) is 16.7 Å². The third kappa shape index (κ3) is 4.85. The van der Waals surface area contributed by atoms with Crippen LogP contribution >= 0.6 is 0 Å². The molecular weight excluding hydrogens is 360 g/mol. The Morgan fingerprint density at radius 1 is 1.00 bits per heavy atom. The summed E-state index contributed by atoms with van der Waals surface area (Å²) in [6, 6.07) is 5.36. The minimum Gasteiger partial charge on any atom is -0.444 e. The van der Waals surface area contributed by atoms with E-state index in [0.717, 1.165) is 31.6 Å². The summed E-state index contributed by atoms with van der Waals surface area (Å²) in [4.78, 5) is 29.5. The van der Waals surface area contributed by atoms with E-state index in [1.807, 2.05) is 32.9 Å². The summed E-state index contributed by atoms with van der Waals surface area (Å²) in [5, 5.41) is 11.5. The molecule has 2 heterocycles. The largest absolute Gasteiger partial charge is 0.444 e. The lowest BCUT2D eigenvalue weighted by Crippen LogP contribution is -2.50. The Morgan fingerprint density at radius 2 is 1.64 bits per heavy atom. The summed E-state index contributed by atoms with van der Waals surface area (Å²) >= 11 is 0. The summed E-state index contributed by atoms with van der Waals surface area (Å²) in [6.07, 6.45) is 3.02. The van der Waals surface area contributed by atoms with Crippen molar-refractivity contribution in [3.05, 3.63) is 28.3 Å². The van der Waals surface area contributed by atoms with Gasteiger partial charge in [0, 0.05) is 51.0 Å². The van der Waals surface area contributed by atoms with Crippen LogP contribution in [0.2, 0.25) is 0 Å². The standard InChI is InChI=1S/C20H30N4O4/c1-20(2,3)28-19(25)23-13-11-21(12-14-23)16-7-8-17(24(26)27)18(15-16)22-9-5-4-6-10-22/h7-8,15H,4-6,9-14H2,1-3H3. The molecule has 28 heavy (non-hydrogen) atoms. The van der Waals surface area contributed by atoms with Crippen LogP contribution in [0, 0.1) is 10.1 Å². The Morgan fingerprint density at radius 3 is 2.21 bits per heavy atom. The molecule has 154 valence electrons. The smallest absolute Gasteiger partial charge is 0.410 e. The fourth-order valence-corrected chi connectivity index (χ4v) is 3.72. The van der Waals surface area contributed by atoms with Crippen LogP contribution < -0.4 is 9.80 Å². The molecular formula is C20H30N4O4. The number of anilines is 2. The van der Waals surface area contributed by atoms with E-state index < -0.39 is 5.60 Å². The number of hydrogen-bond acceptors (Lipinski definition) is 6. The van der Waals surface area contributed by atoms with Gasteiger partial charge in [-0.15, -0.1) is 0 Å². The molecule has 0 radical (unpaired) electrons.